The van der Waals surface area contributed by atoms with Crippen molar-refractivity contribution < 1.29 is 0 Å². The maximum absolute atomic E-state index is 12.7. The number of benzene rings is 2. The molecule has 0 fully saturated rings. The summed E-state index contributed by atoms with van der Waals surface area (Å²) in [5.41, 5.74) is 5.81. The minimum Gasteiger partial charge on any atom is -0.384 e. The van der Waals surface area contributed by atoms with Gasteiger partial charge in [-0.3, -0.25) is 4.79 Å². The lowest BCUT2D eigenvalue weighted by Gasteiger charge is -2.10. The number of hydrogen-bond donors (Lipinski definition) is 3. The van der Waals surface area contributed by atoms with Crippen molar-refractivity contribution in [3.05, 3.63) is 93.9 Å². The molecule has 3 aromatic heterocycles. The molecule has 8 heteroatoms. The predicted octanol–water partition coefficient (Wildman–Crippen LogP) is 4.72. The molecule has 0 amide bonds. The molecular weight excluding hydrogens is 424 g/mol. The molecule has 2 aromatic carbocycles. The van der Waals surface area contributed by atoms with Gasteiger partial charge in [-0.15, -0.1) is 0 Å². The van der Waals surface area contributed by atoms with Gasteiger partial charge in [-0.05, 0) is 54.8 Å². The zero-order valence-corrected chi connectivity index (χ0v) is 18.1. The van der Waals surface area contributed by atoms with Crippen LogP contribution in [0.3, 0.4) is 0 Å². The number of imidazole rings is 2. The van der Waals surface area contributed by atoms with Crippen LogP contribution in [0.25, 0.3) is 28.1 Å². The molecular formula is C24H21ClN6O. The second-order valence-corrected chi connectivity index (χ2v) is 8.05. The van der Waals surface area contributed by atoms with Gasteiger partial charge in [-0.1, -0.05) is 23.7 Å². The molecule has 7 nitrogen and oxygen atoms in total. The van der Waals surface area contributed by atoms with Gasteiger partial charge < -0.3 is 19.9 Å². The zero-order valence-electron chi connectivity index (χ0n) is 17.4. The lowest BCUT2D eigenvalue weighted by atomic mass is 10.1. The lowest BCUT2D eigenvalue weighted by Crippen LogP contribution is -2.14. The van der Waals surface area contributed by atoms with Crippen molar-refractivity contribution in [2.75, 3.05) is 11.9 Å². The Labute approximate surface area is 189 Å². The molecule has 32 heavy (non-hydrogen) atoms. The first-order valence-electron chi connectivity index (χ1n) is 10.3. The summed E-state index contributed by atoms with van der Waals surface area (Å²) < 4.78 is 1.94. The molecule has 5 aromatic rings. The summed E-state index contributed by atoms with van der Waals surface area (Å²) in [5, 5.41) is 4.09. The Morgan fingerprint density at radius 1 is 1.19 bits per heavy atom. The largest absolute Gasteiger partial charge is 0.384 e. The Morgan fingerprint density at radius 3 is 2.91 bits per heavy atom. The predicted molar refractivity (Wildman–Crippen MR) is 128 cm³/mol. The van der Waals surface area contributed by atoms with Crippen molar-refractivity contribution in [3.63, 3.8) is 0 Å². The molecule has 0 atom stereocenters. The molecule has 0 aliphatic heterocycles. The van der Waals surface area contributed by atoms with E-state index in [1.165, 1.54) is 0 Å². The Hall–Kier alpha value is -3.84. The fourth-order valence-electron chi connectivity index (χ4n) is 3.85. The van der Waals surface area contributed by atoms with E-state index >= 15 is 0 Å². The molecule has 5 rings (SSSR count). The number of aromatic amines is 2. The first kappa shape index (κ1) is 20.1. The Kier molecular flexibility index (Phi) is 5.25. The van der Waals surface area contributed by atoms with Gasteiger partial charge in [0.25, 0.3) is 5.56 Å². The number of fused-ring (bicyclic) bond motifs is 1. The summed E-state index contributed by atoms with van der Waals surface area (Å²) in [6.07, 6.45) is 7.80. The van der Waals surface area contributed by atoms with Crippen LogP contribution in [0.5, 0.6) is 0 Å². The SMILES string of the molecule is Cc1cc(-n2ccnc2)cc2[nH]c(-c3c(NCCc4cccc(Cl)c4)cc[nH]c3=O)nc12. The third-order valence-electron chi connectivity index (χ3n) is 5.38. The summed E-state index contributed by atoms with van der Waals surface area (Å²) >= 11 is 6.08. The van der Waals surface area contributed by atoms with Crippen molar-refractivity contribution >= 4 is 28.3 Å². The van der Waals surface area contributed by atoms with Crippen molar-refractivity contribution in [2.45, 2.75) is 13.3 Å². The number of hydrogen-bond acceptors (Lipinski definition) is 4. The number of pyridine rings is 1. The lowest BCUT2D eigenvalue weighted by molar-refractivity contribution is 1.02. The Bertz CT molecular complexity index is 1450. The summed E-state index contributed by atoms with van der Waals surface area (Å²) in [4.78, 5) is 27.7. The van der Waals surface area contributed by atoms with Gasteiger partial charge in [-0.25, -0.2) is 9.97 Å². The fraction of sp³-hybridized carbons (Fsp3) is 0.125. The zero-order chi connectivity index (χ0) is 22.1. The first-order chi connectivity index (χ1) is 15.6. The minimum absolute atomic E-state index is 0.204. The number of anilines is 1. The maximum Gasteiger partial charge on any atom is 0.261 e. The van der Waals surface area contributed by atoms with Crippen LogP contribution in [0, 0.1) is 6.92 Å². The van der Waals surface area contributed by atoms with Gasteiger partial charge in [0.2, 0.25) is 0 Å². The van der Waals surface area contributed by atoms with Crippen LogP contribution in [-0.4, -0.2) is 31.0 Å². The van der Waals surface area contributed by atoms with Crippen molar-refractivity contribution in [2.24, 2.45) is 0 Å². The summed E-state index contributed by atoms with van der Waals surface area (Å²) in [5.74, 6) is 0.526. The van der Waals surface area contributed by atoms with Gasteiger partial charge in [0.1, 0.15) is 11.4 Å². The van der Waals surface area contributed by atoms with Gasteiger partial charge in [0, 0.05) is 35.8 Å². The summed E-state index contributed by atoms with van der Waals surface area (Å²) in [7, 11) is 0. The van der Waals surface area contributed by atoms with Gasteiger partial charge in [0.05, 0.1) is 23.0 Å². The highest BCUT2D eigenvalue weighted by Gasteiger charge is 2.16. The maximum atomic E-state index is 12.7. The normalized spacial score (nSPS) is 11.2. The van der Waals surface area contributed by atoms with Crippen LogP contribution < -0.4 is 10.9 Å². The molecule has 0 bridgehead atoms. The molecule has 0 saturated heterocycles. The van der Waals surface area contributed by atoms with E-state index in [2.05, 4.69) is 20.3 Å². The van der Waals surface area contributed by atoms with Gasteiger partial charge in [-0.2, -0.15) is 0 Å². The van der Waals surface area contributed by atoms with Crippen LogP contribution in [0.2, 0.25) is 5.02 Å². The number of aryl methyl sites for hydroxylation is 1. The monoisotopic (exact) mass is 444 g/mol. The van der Waals surface area contributed by atoms with Crippen LogP contribution in [0.15, 0.2) is 72.2 Å². The van der Waals surface area contributed by atoms with E-state index in [0.717, 1.165) is 40.0 Å². The van der Waals surface area contributed by atoms with Crippen LogP contribution >= 0.6 is 11.6 Å². The number of halogens is 1. The smallest absolute Gasteiger partial charge is 0.261 e. The molecule has 0 aliphatic carbocycles. The highest BCUT2D eigenvalue weighted by atomic mass is 35.5. The number of H-pyrrole nitrogens is 2. The van der Waals surface area contributed by atoms with Crippen LogP contribution in [0.1, 0.15) is 11.1 Å². The van der Waals surface area contributed by atoms with Crippen molar-refractivity contribution in [1.82, 2.24) is 24.5 Å². The van der Waals surface area contributed by atoms with Gasteiger partial charge in [0.15, 0.2) is 0 Å². The molecule has 0 spiro atoms. The fourth-order valence-corrected chi connectivity index (χ4v) is 4.06. The van der Waals surface area contributed by atoms with Crippen molar-refractivity contribution in [3.8, 4) is 17.1 Å². The van der Waals surface area contributed by atoms with E-state index in [1.54, 1.807) is 18.7 Å². The van der Waals surface area contributed by atoms with E-state index in [1.807, 2.05) is 60.2 Å². The number of aromatic nitrogens is 5. The van der Waals surface area contributed by atoms with E-state index in [0.29, 0.717) is 23.0 Å². The summed E-state index contributed by atoms with van der Waals surface area (Å²) in [6, 6.07) is 13.7. The topological polar surface area (TPSA) is 91.4 Å². The third-order valence-corrected chi connectivity index (χ3v) is 5.62. The second kappa shape index (κ2) is 8.36. The van der Waals surface area contributed by atoms with Crippen LogP contribution in [0.4, 0.5) is 5.69 Å². The Balaban J connectivity index is 1.48. The van der Waals surface area contributed by atoms with E-state index in [4.69, 9.17) is 16.6 Å². The van der Waals surface area contributed by atoms with Crippen molar-refractivity contribution in [1.29, 1.82) is 0 Å². The third kappa shape index (κ3) is 3.90. The average Bonchev–Trinajstić information content (AvgIpc) is 3.44. The van der Waals surface area contributed by atoms with E-state index in [-0.39, 0.29) is 5.56 Å². The molecule has 0 unspecified atom stereocenters. The van der Waals surface area contributed by atoms with Gasteiger partial charge >= 0.3 is 0 Å². The molecule has 3 N–H and O–H groups in total. The number of nitrogens with zero attached hydrogens (tertiary/aromatic N) is 3. The summed E-state index contributed by atoms with van der Waals surface area (Å²) in [6.45, 7) is 2.66. The van der Waals surface area contributed by atoms with Crippen LogP contribution in [-0.2, 0) is 6.42 Å². The standard InChI is InChI=1S/C24H21ClN6O/c1-15-11-18(31-10-9-26-14-31)13-20-22(15)30-23(29-20)21-19(6-8-28-24(21)32)27-7-5-16-3-2-4-17(25)12-16/h2-4,6,8-14H,5,7H2,1H3,(H,29,30)(H2,27,28,32). The molecule has 3 heterocycles. The number of nitrogens with one attached hydrogen (secondary N) is 3. The second-order valence-electron chi connectivity index (χ2n) is 7.62. The molecule has 0 radical (unpaired) electrons. The molecule has 0 saturated carbocycles. The molecule has 160 valence electrons. The minimum atomic E-state index is -0.204. The quantitative estimate of drug-likeness (QED) is 0.353. The highest BCUT2D eigenvalue weighted by Crippen LogP contribution is 2.27. The number of rotatable bonds is 6. The van der Waals surface area contributed by atoms with E-state index < -0.39 is 0 Å². The average molecular weight is 445 g/mol. The van der Waals surface area contributed by atoms with E-state index in [9.17, 15) is 4.79 Å². The highest BCUT2D eigenvalue weighted by molar-refractivity contribution is 6.30. The molecule has 0 aliphatic rings. The Morgan fingerprint density at radius 2 is 2.09 bits per heavy atom. The first-order valence-corrected chi connectivity index (χ1v) is 10.7.